The van der Waals surface area contributed by atoms with Gasteiger partial charge in [0.15, 0.2) is 0 Å². The zero-order valence-electron chi connectivity index (χ0n) is 20.9. The van der Waals surface area contributed by atoms with Crippen molar-refractivity contribution in [2.45, 2.75) is 70.4 Å². The van der Waals surface area contributed by atoms with Crippen LogP contribution >= 0.6 is 0 Å². The average molecular weight is 480 g/mol. The highest BCUT2D eigenvalue weighted by Gasteiger charge is 2.35. The number of rotatable bonds is 3. The first kappa shape index (κ1) is 25.0. The molecule has 35 heavy (non-hydrogen) atoms. The fraction of sp³-hybridized carbons (Fsp3) is 0.536. The van der Waals surface area contributed by atoms with Gasteiger partial charge in [-0.15, -0.1) is 0 Å². The van der Waals surface area contributed by atoms with Crippen LogP contribution in [-0.2, 0) is 0 Å². The molecule has 1 saturated carbocycles. The highest BCUT2D eigenvalue weighted by Crippen LogP contribution is 2.31. The van der Waals surface area contributed by atoms with E-state index in [0.29, 0.717) is 35.8 Å². The third-order valence-corrected chi connectivity index (χ3v) is 7.16. The summed E-state index contributed by atoms with van der Waals surface area (Å²) in [7, 11) is 1.57. The van der Waals surface area contributed by atoms with E-state index < -0.39 is 0 Å². The van der Waals surface area contributed by atoms with Crippen molar-refractivity contribution >= 4 is 11.8 Å². The minimum atomic E-state index is -0.161. The molecule has 4 rings (SSSR count). The van der Waals surface area contributed by atoms with E-state index in [1.807, 2.05) is 41.0 Å². The van der Waals surface area contributed by atoms with Gasteiger partial charge in [-0.3, -0.25) is 9.59 Å². The molecule has 2 aliphatic rings. The third kappa shape index (κ3) is 5.95. The number of hydrogen-bond acceptors (Lipinski definition) is 5. The Morgan fingerprint density at radius 1 is 1.03 bits per heavy atom. The summed E-state index contributed by atoms with van der Waals surface area (Å²) in [5.74, 6) is 1.10. The molecule has 0 unspecified atom stereocenters. The number of aromatic nitrogens is 1. The van der Waals surface area contributed by atoms with Crippen molar-refractivity contribution in [1.82, 2.24) is 14.8 Å². The lowest BCUT2D eigenvalue weighted by atomic mass is 9.90. The molecule has 2 aromatic rings. The molecule has 2 amide bonds. The molecule has 1 aliphatic heterocycles. The summed E-state index contributed by atoms with van der Waals surface area (Å²) in [6.45, 7) is 4.12. The van der Waals surface area contributed by atoms with E-state index in [1.54, 1.807) is 25.4 Å². The van der Waals surface area contributed by atoms with E-state index in [1.165, 1.54) is 0 Å². The van der Waals surface area contributed by atoms with E-state index >= 15 is 0 Å². The van der Waals surface area contributed by atoms with Crippen molar-refractivity contribution in [3.63, 3.8) is 0 Å². The standard InChI is InChI=1S/C28H37N3O4/c1-3-30-18-10-4-5-11-19-31(27(32)21-16-17-26(34-2)29-20-21)23-13-7-9-15-25(23)35-24-14-8-6-12-22(24)28(30)33/h6,8,12,14,16-17,20,23,25H,3-5,7,9-11,13,15,18-19H2,1-2H3/t23-,25+/m1/s1. The van der Waals surface area contributed by atoms with Crippen molar-refractivity contribution in [2.75, 3.05) is 26.7 Å². The zero-order chi connectivity index (χ0) is 24.6. The summed E-state index contributed by atoms with van der Waals surface area (Å²) in [5, 5.41) is 0. The fourth-order valence-corrected chi connectivity index (χ4v) is 5.20. The van der Waals surface area contributed by atoms with Crippen molar-refractivity contribution < 1.29 is 19.1 Å². The number of carbonyl (C=O) groups excluding carboxylic acids is 2. The molecule has 2 atom stereocenters. The minimum absolute atomic E-state index is 0.0183. The fourth-order valence-electron chi connectivity index (χ4n) is 5.20. The lowest BCUT2D eigenvalue weighted by Gasteiger charge is -2.40. The lowest BCUT2D eigenvalue weighted by molar-refractivity contribution is 0.0266. The van der Waals surface area contributed by atoms with Gasteiger partial charge >= 0.3 is 0 Å². The van der Waals surface area contributed by atoms with Crippen LogP contribution in [0.25, 0.3) is 0 Å². The summed E-state index contributed by atoms with van der Waals surface area (Å²) in [6, 6.07) is 11.0. The summed E-state index contributed by atoms with van der Waals surface area (Å²) < 4.78 is 11.7. The normalized spacial score (nSPS) is 21.8. The largest absolute Gasteiger partial charge is 0.487 e. The van der Waals surface area contributed by atoms with Gasteiger partial charge in [0.2, 0.25) is 5.88 Å². The molecule has 0 radical (unpaired) electrons. The van der Waals surface area contributed by atoms with E-state index in [2.05, 4.69) is 4.98 Å². The first-order valence-electron chi connectivity index (χ1n) is 13.0. The Morgan fingerprint density at radius 3 is 2.54 bits per heavy atom. The van der Waals surface area contributed by atoms with Gasteiger partial charge in [-0.2, -0.15) is 0 Å². The Labute approximate surface area is 208 Å². The predicted molar refractivity (Wildman–Crippen MR) is 135 cm³/mol. The zero-order valence-corrected chi connectivity index (χ0v) is 20.9. The number of methoxy groups -OCH3 is 1. The molecular formula is C28H37N3O4. The maximum absolute atomic E-state index is 13.7. The molecule has 1 fully saturated rings. The number of fused-ring (bicyclic) bond motifs is 2. The van der Waals surface area contributed by atoms with Gasteiger partial charge in [0.05, 0.1) is 24.3 Å². The van der Waals surface area contributed by atoms with Crippen LogP contribution in [0.1, 0.15) is 79.0 Å². The van der Waals surface area contributed by atoms with E-state index in [-0.39, 0.29) is 24.0 Å². The molecule has 0 bridgehead atoms. The summed E-state index contributed by atoms with van der Waals surface area (Å²) in [6.07, 6.45) is 9.20. The van der Waals surface area contributed by atoms with Crippen molar-refractivity contribution in [3.8, 4) is 11.6 Å². The topological polar surface area (TPSA) is 72.0 Å². The van der Waals surface area contributed by atoms with Crippen molar-refractivity contribution in [2.24, 2.45) is 0 Å². The lowest BCUT2D eigenvalue weighted by Crippen LogP contribution is -2.51. The van der Waals surface area contributed by atoms with Crippen LogP contribution in [0.4, 0.5) is 0 Å². The number of carbonyl (C=O) groups is 2. The number of ether oxygens (including phenoxy) is 2. The van der Waals surface area contributed by atoms with Gasteiger partial charge < -0.3 is 19.3 Å². The molecule has 2 heterocycles. The van der Waals surface area contributed by atoms with Crippen molar-refractivity contribution in [1.29, 1.82) is 0 Å². The highest BCUT2D eigenvalue weighted by molar-refractivity contribution is 5.97. The molecule has 7 nitrogen and oxygen atoms in total. The number of hydrogen-bond donors (Lipinski definition) is 0. The van der Waals surface area contributed by atoms with Crippen LogP contribution < -0.4 is 9.47 Å². The molecule has 1 aliphatic carbocycles. The van der Waals surface area contributed by atoms with E-state index in [9.17, 15) is 9.59 Å². The van der Waals surface area contributed by atoms with Crippen molar-refractivity contribution in [3.05, 3.63) is 53.7 Å². The molecule has 0 spiro atoms. The Bertz CT molecular complexity index is 994. The van der Waals surface area contributed by atoms with Crippen LogP contribution in [0.3, 0.4) is 0 Å². The van der Waals surface area contributed by atoms with Gasteiger partial charge in [0.25, 0.3) is 11.8 Å². The van der Waals surface area contributed by atoms with Gasteiger partial charge in [-0.25, -0.2) is 4.98 Å². The second-order valence-corrected chi connectivity index (χ2v) is 9.39. The van der Waals surface area contributed by atoms with Gasteiger partial charge in [0.1, 0.15) is 11.9 Å². The summed E-state index contributed by atoms with van der Waals surface area (Å²) in [4.78, 5) is 35.2. The molecule has 0 N–H and O–H groups in total. The minimum Gasteiger partial charge on any atom is -0.487 e. The Kier molecular flexibility index (Phi) is 8.61. The van der Waals surface area contributed by atoms with E-state index in [4.69, 9.17) is 9.47 Å². The smallest absolute Gasteiger partial charge is 0.257 e. The molecule has 188 valence electrons. The number of para-hydroxylation sites is 1. The van der Waals surface area contributed by atoms with Gasteiger partial charge in [0, 0.05) is 31.9 Å². The van der Waals surface area contributed by atoms with E-state index in [0.717, 1.165) is 57.9 Å². The van der Waals surface area contributed by atoms with Crippen LogP contribution in [-0.4, -0.2) is 65.5 Å². The highest BCUT2D eigenvalue weighted by atomic mass is 16.5. The number of nitrogens with zero attached hydrogens (tertiary/aromatic N) is 3. The molecule has 7 heteroatoms. The first-order valence-corrected chi connectivity index (χ1v) is 13.0. The summed E-state index contributed by atoms with van der Waals surface area (Å²) >= 11 is 0. The molecule has 0 saturated heterocycles. The maximum atomic E-state index is 13.7. The number of pyridine rings is 1. The number of amides is 2. The molecular weight excluding hydrogens is 442 g/mol. The number of benzene rings is 1. The maximum Gasteiger partial charge on any atom is 0.257 e. The molecule has 1 aromatic carbocycles. The van der Waals surface area contributed by atoms with Crippen LogP contribution in [0.5, 0.6) is 11.6 Å². The predicted octanol–water partition coefficient (Wildman–Crippen LogP) is 4.96. The third-order valence-electron chi connectivity index (χ3n) is 7.16. The average Bonchev–Trinajstić information content (AvgIpc) is 2.90. The van der Waals surface area contributed by atoms with Gasteiger partial charge in [-0.05, 0) is 57.2 Å². The monoisotopic (exact) mass is 479 g/mol. The Balaban J connectivity index is 1.66. The van der Waals surface area contributed by atoms with Crippen LogP contribution in [0.15, 0.2) is 42.6 Å². The first-order chi connectivity index (χ1) is 17.1. The van der Waals surface area contributed by atoms with Gasteiger partial charge in [-0.1, -0.05) is 31.4 Å². The molecule has 1 aromatic heterocycles. The van der Waals surface area contributed by atoms with Crippen LogP contribution in [0, 0.1) is 0 Å². The second kappa shape index (κ2) is 12.0. The summed E-state index contributed by atoms with van der Waals surface area (Å²) in [5.41, 5.74) is 1.17. The Morgan fingerprint density at radius 2 is 1.80 bits per heavy atom. The second-order valence-electron chi connectivity index (χ2n) is 9.39. The SMILES string of the molecule is CCN1CCCCCCN(C(=O)c2ccc(OC)nc2)[C@@H]2CCCC[C@@H]2Oc2ccccc2C1=O. The quantitative estimate of drug-likeness (QED) is 0.622. The Hall–Kier alpha value is -3.09. The van der Waals surface area contributed by atoms with Crippen LogP contribution in [0.2, 0.25) is 0 Å².